The molecule has 0 aliphatic carbocycles. The molecule has 5 nitrogen and oxygen atoms in total. The first-order chi connectivity index (χ1) is 7.54. The molecule has 3 N–H and O–H groups in total. The van der Waals surface area contributed by atoms with Crippen LogP contribution >= 0.6 is 11.8 Å². The third kappa shape index (κ3) is 5.37. The van der Waals surface area contributed by atoms with Crippen LogP contribution in [-0.4, -0.2) is 40.7 Å². The number of carbonyl (C=O) groups excluding carboxylic acids is 1. The van der Waals surface area contributed by atoms with E-state index in [0.717, 1.165) is 12.8 Å². The van der Waals surface area contributed by atoms with Gasteiger partial charge in [0, 0.05) is 0 Å². The van der Waals surface area contributed by atoms with E-state index in [1.54, 1.807) is 0 Å². The van der Waals surface area contributed by atoms with Gasteiger partial charge in [0.05, 0.1) is 6.61 Å². The van der Waals surface area contributed by atoms with E-state index in [1.165, 1.54) is 11.8 Å². The number of ether oxygens (including phenoxy) is 1. The van der Waals surface area contributed by atoms with Gasteiger partial charge in [0.25, 0.3) is 0 Å². The van der Waals surface area contributed by atoms with E-state index >= 15 is 0 Å². The number of nitrogens with two attached hydrogens (primary N) is 1. The predicted octanol–water partition coefficient (Wildman–Crippen LogP) is 0.863. The lowest BCUT2D eigenvalue weighted by molar-refractivity contribution is -0.148. The largest absolute Gasteiger partial charge is 0.480 e. The fraction of sp³-hybridized carbons (Fsp3) is 0.800. The van der Waals surface area contributed by atoms with Crippen LogP contribution in [0.2, 0.25) is 0 Å². The summed E-state index contributed by atoms with van der Waals surface area (Å²) in [7, 11) is 0. The second-order valence-corrected chi connectivity index (χ2v) is 4.68. The Bertz CT molecular complexity index is 235. The molecule has 0 aliphatic heterocycles. The number of thioether (sulfide) groups is 1. The maximum Gasteiger partial charge on any atom is 0.322 e. The maximum absolute atomic E-state index is 11.6. The van der Waals surface area contributed by atoms with E-state index in [0.29, 0.717) is 12.4 Å². The van der Waals surface area contributed by atoms with Crippen LogP contribution in [0.4, 0.5) is 0 Å². The molecule has 0 spiro atoms. The minimum absolute atomic E-state index is 0.322. The third-order valence-corrected chi connectivity index (χ3v) is 3.11. The zero-order valence-corrected chi connectivity index (χ0v) is 10.5. The van der Waals surface area contributed by atoms with Crippen LogP contribution in [0.5, 0.6) is 0 Å². The fourth-order valence-electron chi connectivity index (χ4n) is 1.03. The first-order valence-corrected chi connectivity index (χ1v) is 6.36. The van der Waals surface area contributed by atoms with Gasteiger partial charge in [-0.25, -0.2) is 0 Å². The Kier molecular flexibility index (Phi) is 8.01. The summed E-state index contributed by atoms with van der Waals surface area (Å²) in [6.45, 7) is 4.14. The van der Waals surface area contributed by atoms with Crippen molar-refractivity contribution in [3.05, 3.63) is 0 Å². The molecule has 2 atom stereocenters. The SMILES string of the molecule is CCCCOC(=O)C(SCC)C(N)C(=O)O. The highest BCUT2D eigenvalue weighted by molar-refractivity contribution is 8.00. The van der Waals surface area contributed by atoms with E-state index in [4.69, 9.17) is 15.6 Å². The molecule has 2 unspecified atom stereocenters. The molecule has 0 aromatic heterocycles. The minimum atomic E-state index is -1.21. The molecular weight excluding hydrogens is 230 g/mol. The van der Waals surface area contributed by atoms with Crippen molar-refractivity contribution in [2.75, 3.05) is 12.4 Å². The predicted molar refractivity (Wildman–Crippen MR) is 63.4 cm³/mol. The quantitative estimate of drug-likeness (QED) is 0.490. The molecule has 0 fully saturated rings. The highest BCUT2D eigenvalue weighted by atomic mass is 32.2. The van der Waals surface area contributed by atoms with E-state index in [2.05, 4.69) is 0 Å². The molecule has 0 saturated carbocycles. The summed E-state index contributed by atoms with van der Waals surface area (Å²) in [6.07, 6.45) is 1.70. The van der Waals surface area contributed by atoms with Gasteiger partial charge in [0.2, 0.25) is 0 Å². The summed E-state index contributed by atoms with van der Waals surface area (Å²) in [4.78, 5) is 22.3. The molecule has 94 valence electrons. The lowest BCUT2D eigenvalue weighted by atomic mass is 10.2. The van der Waals surface area contributed by atoms with Gasteiger partial charge in [-0.05, 0) is 12.2 Å². The summed E-state index contributed by atoms with van der Waals surface area (Å²) >= 11 is 1.20. The van der Waals surface area contributed by atoms with Crippen LogP contribution in [0.15, 0.2) is 0 Å². The Hall–Kier alpha value is -0.750. The molecule has 0 radical (unpaired) electrons. The van der Waals surface area contributed by atoms with Crippen LogP contribution in [0, 0.1) is 0 Å². The average molecular weight is 249 g/mol. The van der Waals surface area contributed by atoms with E-state index in [9.17, 15) is 9.59 Å². The molecule has 0 heterocycles. The van der Waals surface area contributed by atoms with Crippen molar-refractivity contribution in [2.24, 2.45) is 5.73 Å². The van der Waals surface area contributed by atoms with Gasteiger partial charge >= 0.3 is 11.9 Å². The highest BCUT2D eigenvalue weighted by Gasteiger charge is 2.31. The topological polar surface area (TPSA) is 89.6 Å². The van der Waals surface area contributed by atoms with E-state index in [-0.39, 0.29) is 0 Å². The Morgan fingerprint density at radius 3 is 2.50 bits per heavy atom. The van der Waals surface area contributed by atoms with E-state index in [1.807, 2.05) is 13.8 Å². The number of carboxylic acid groups (broad SMARTS) is 1. The number of aliphatic carboxylic acids is 1. The first kappa shape index (κ1) is 15.2. The van der Waals surface area contributed by atoms with Gasteiger partial charge in [-0.1, -0.05) is 20.3 Å². The summed E-state index contributed by atoms with van der Waals surface area (Å²) in [6, 6.07) is -1.21. The smallest absolute Gasteiger partial charge is 0.322 e. The van der Waals surface area contributed by atoms with Gasteiger partial charge in [-0.3, -0.25) is 9.59 Å². The van der Waals surface area contributed by atoms with Crippen LogP contribution in [0.25, 0.3) is 0 Å². The van der Waals surface area contributed by atoms with Crippen molar-refractivity contribution in [1.29, 1.82) is 0 Å². The molecule has 0 amide bonds. The van der Waals surface area contributed by atoms with Crippen LogP contribution in [-0.2, 0) is 14.3 Å². The Morgan fingerprint density at radius 2 is 2.06 bits per heavy atom. The lowest BCUT2D eigenvalue weighted by Crippen LogP contribution is -2.45. The van der Waals surface area contributed by atoms with Gasteiger partial charge in [0.15, 0.2) is 0 Å². The van der Waals surface area contributed by atoms with Crippen LogP contribution < -0.4 is 5.73 Å². The summed E-state index contributed by atoms with van der Waals surface area (Å²) in [5, 5.41) is 7.93. The van der Waals surface area contributed by atoms with Crippen molar-refractivity contribution in [3.63, 3.8) is 0 Å². The second-order valence-electron chi connectivity index (χ2n) is 3.26. The van der Waals surface area contributed by atoms with Gasteiger partial charge < -0.3 is 15.6 Å². The first-order valence-electron chi connectivity index (χ1n) is 5.31. The Balaban J connectivity index is 4.28. The van der Waals surface area contributed by atoms with Gasteiger partial charge in [-0.15, -0.1) is 11.8 Å². The van der Waals surface area contributed by atoms with Crippen molar-refractivity contribution in [2.45, 2.75) is 38.0 Å². The van der Waals surface area contributed by atoms with Crippen molar-refractivity contribution in [3.8, 4) is 0 Å². The maximum atomic E-state index is 11.6. The molecule has 0 aromatic rings. The minimum Gasteiger partial charge on any atom is -0.480 e. The zero-order chi connectivity index (χ0) is 12.6. The monoisotopic (exact) mass is 249 g/mol. The lowest BCUT2D eigenvalue weighted by Gasteiger charge is -2.18. The molecule has 0 rings (SSSR count). The molecule has 16 heavy (non-hydrogen) atoms. The van der Waals surface area contributed by atoms with Gasteiger partial charge in [0.1, 0.15) is 11.3 Å². The Labute approximate surface area is 99.7 Å². The standard InChI is InChI=1S/C10H19NO4S/c1-3-5-6-15-10(14)8(16-4-2)7(11)9(12)13/h7-8H,3-6,11H2,1-2H3,(H,12,13). The number of hydrogen-bond donors (Lipinski definition) is 2. The number of esters is 1. The normalized spacial score (nSPS) is 14.2. The van der Waals surface area contributed by atoms with Gasteiger partial charge in [-0.2, -0.15) is 0 Å². The van der Waals surface area contributed by atoms with E-state index < -0.39 is 23.2 Å². The number of unbranched alkanes of at least 4 members (excludes halogenated alkanes) is 1. The number of carbonyl (C=O) groups is 2. The molecule has 6 heteroatoms. The van der Waals surface area contributed by atoms with Crippen molar-refractivity contribution in [1.82, 2.24) is 0 Å². The summed E-state index contributed by atoms with van der Waals surface area (Å²) in [5.74, 6) is -1.09. The van der Waals surface area contributed by atoms with Crippen LogP contribution in [0.3, 0.4) is 0 Å². The third-order valence-electron chi connectivity index (χ3n) is 1.93. The number of carboxylic acids is 1. The van der Waals surface area contributed by atoms with Crippen molar-refractivity contribution >= 4 is 23.7 Å². The molecule has 0 bridgehead atoms. The summed E-state index contributed by atoms with van der Waals surface area (Å²) < 4.78 is 4.97. The number of hydrogen-bond acceptors (Lipinski definition) is 5. The van der Waals surface area contributed by atoms with Crippen LogP contribution in [0.1, 0.15) is 26.7 Å². The Morgan fingerprint density at radius 1 is 1.44 bits per heavy atom. The highest BCUT2D eigenvalue weighted by Crippen LogP contribution is 2.15. The average Bonchev–Trinajstić information content (AvgIpc) is 2.25. The molecule has 0 saturated heterocycles. The molecule has 0 aliphatic rings. The zero-order valence-electron chi connectivity index (χ0n) is 9.64. The van der Waals surface area contributed by atoms with Crippen molar-refractivity contribution < 1.29 is 19.4 Å². The molecule has 0 aromatic carbocycles. The fourth-order valence-corrected chi connectivity index (χ4v) is 1.91. The molecular formula is C10H19NO4S. The summed E-state index contributed by atoms with van der Waals surface area (Å²) in [5.41, 5.74) is 5.43. The second kappa shape index (κ2) is 8.41. The number of rotatable bonds is 8.